The maximum atomic E-state index is 12.5. The molecule has 19 heavy (non-hydrogen) atoms. The standard InChI is InChI=1S/C13H20ClN3O2/c1-9(2)17(5-4-6-18)13(19)10-7-12(15-3)16-8-11(10)14/h7-9,18H,4-6H2,1-3H3,(H,15,16). The van der Waals surface area contributed by atoms with E-state index in [0.29, 0.717) is 29.4 Å². The highest BCUT2D eigenvalue weighted by Crippen LogP contribution is 2.20. The number of aliphatic hydroxyl groups excluding tert-OH is 1. The van der Waals surface area contributed by atoms with Crippen LogP contribution >= 0.6 is 11.6 Å². The minimum Gasteiger partial charge on any atom is -0.396 e. The van der Waals surface area contributed by atoms with Crippen LogP contribution in [0.25, 0.3) is 0 Å². The van der Waals surface area contributed by atoms with Gasteiger partial charge >= 0.3 is 0 Å². The Kier molecular flexibility index (Phi) is 6.05. The summed E-state index contributed by atoms with van der Waals surface area (Å²) in [5, 5.41) is 12.1. The topological polar surface area (TPSA) is 65.5 Å². The van der Waals surface area contributed by atoms with Crippen molar-refractivity contribution >= 4 is 23.3 Å². The first-order chi connectivity index (χ1) is 9.01. The zero-order chi connectivity index (χ0) is 14.4. The Balaban J connectivity index is 3.01. The molecular formula is C13H20ClN3O2. The van der Waals surface area contributed by atoms with Crippen LogP contribution < -0.4 is 5.32 Å². The van der Waals surface area contributed by atoms with Crippen molar-refractivity contribution in [3.05, 3.63) is 22.8 Å². The molecule has 0 aliphatic carbocycles. The molecule has 2 N–H and O–H groups in total. The molecule has 0 spiro atoms. The lowest BCUT2D eigenvalue weighted by atomic mass is 10.2. The van der Waals surface area contributed by atoms with Gasteiger partial charge in [-0.25, -0.2) is 4.98 Å². The van der Waals surface area contributed by atoms with Crippen LogP contribution in [-0.2, 0) is 0 Å². The highest BCUT2D eigenvalue weighted by Gasteiger charge is 2.21. The van der Waals surface area contributed by atoms with Crippen LogP contribution in [0, 0.1) is 0 Å². The molecule has 0 saturated heterocycles. The van der Waals surface area contributed by atoms with Gasteiger partial charge in [0.2, 0.25) is 0 Å². The third-order valence-electron chi connectivity index (χ3n) is 2.78. The molecule has 6 heteroatoms. The van der Waals surface area contributed by atoms with E-state index in [1.807, 2.05) is 13.8 Å². The smallest absolute Gasteiger partial charge is 0.255 e. The number of nitrogens with zero attached hydrogens (tertiary/aromatic N) is 2. The largest absolute Gasteiger partial charge is 0.396 e. The van der Waals surface area contributed by atoms with Crippen molar-refractivity contribution in [3.8, 4) is 0 Å². The highest BCUT2D eigenvalue weighted by molar-refractivity contribution is 6.33. The molecule has 0 saturated carbocycles. The lowest BCUT2D eigenvalue weighted by molar-refractivity contribution is 0.0693. The fourth-order valence-corrected chi connectivity index (χ4v) is 1.91. The van der Waals surface area contributed by atoms with E-state index in [4.69, 9.17) is 16.7 Å². The van der Waals surface area contributed by atoms with Crippen molar-refractivity contribution < 1.29 is 9.90 Å². The van der Waals surface area contributed by atoms with Gasteiger partial charge in [-0.15, -0.1) is 0 Å². The highest BCUT2D eigenvalue weighted by atomic mass is 35.5. The molecule has 0 atom stereocenters. The van der Waals surface area contributed by atoms with Crippen molar-refractivity contribution in [1.29, 1.82) is 0 Å². The Morgan fingerprint density at radius 2 is 2.26 bits per heavy atom. The van der Waals surface area contributed by atoms with Gasteiger partial charge in [0.05, 0.1) is 10.6 Å². The number of carbonyl (C=O) groups excluding carboxylic acids is 1. The van der Waals surface area contributed by atoms with Gasteiger partial charge in [0.25, 0.3) is 5.91 Å². The zero-order valence-corrected chi connectivity index (χ0v) is 12.2. The zero-order valence-electron chi connectivity index (χ0n) is 11.5. The molecule has 1 amide bonds. The molecule has 0 bridgehead atoms. The van der Waals surface area contributed by atoms with Crippen LogP contribution in [0.4, 0.5) is 5.82 Å². The second-order valence-electron chi connectivity index (χ2n) is 4.47. The second kappa shape index (κ2) is 7.31. The van der Waals surface area contributed by atoms with Gasteiger partial charge in [-0.2, -0.15) is 0 Å². The van der Waals surface area contributed by atoms with E-state index in [-0.39, 0.29) is 18.6 Å². The Labute approximate surface area is 118 Å². The van der Waals surface area contributed by atoms with Crippen LogP contribution in [0.15, 0.2) is 12.3 Å². The van der Waals surface area contributed by atoms with Gasteiger partial charge in [-0.3, -0.25) is 4.79 Å². The molecular weight excluding hydrogens is 266 g/mol. The van der Waals surface area contributed by atoms with Crippen LogP contribution in [0.2, 0.25) is 5.02 Å². The average Bonchev–Trinajstić information content (AvgIpc) is 2.39. The Bertz CT molecular complexity index is 438. The number of anilines is 1. The van der Waals surface area contributed by atoms with Crippen molar-refractivity contribution in [2.24, 2.45) is 0 Å². The quantitative estimate of drug-likeness (QED) is 0.839. The Morgan fingerprint density at radius 1 is 1.58 bits per heavy atom. The molecule has 0 aliphatic heterocycles. The summed E-state index contributed by atoms with van der Waals surface area (Å²) in [5.41, 5.74) is 0.424. The molecule has 1 heterocycles. The van der Waals surface area contributed by atoms with E-state index in [1.165, 1.54) is 6.20 Å². The third-order valence-corrected chi connectivity index (χ3v) is 3.08. The number of halogens is 1. The second-order valence-corrected chi connectivity index (χ2v) is 4.88. The maximum Gasteiger partial charge on any atom is 0.255 e. The SMILES string of the molecule is CNc1cc(C(=O)N(CCCO)C(C)C)c(Cl)cn1. The van der Waals surface area contributed by atoms with Gasteiger partial charge in [0.1, 0.15) is 5.82 Å². The molecule has 0 unspecified atom stereocenters. The number of hydrogen-bond donors (Lipinski definition) is 2. The number of pyridine rings is 1. The monoisotopic (exact) mass is 285 g/mol. The number of aromatic nitrogens is 1. The molecule has 0 aromatic carbocycles. The predicted octanol–water partition coefficient (Wildman–Crippen LogP) is 2.01. The summed E-state index contributed by atoms with van der Waals surface area (Å²) in [4.78, 5) is 18.2. The van der Waals surface area contributed by atoms with Gasteiger partial charge in [-0.1, -0.05) is 11.6 Å². The normalized spacial score (nSPS) is 10.6. The van der Waals surface area contributed by atoms with Crippen LogP contribution in [0.1, 0.15) is 30.6 Å². The average molecular weight is 286 g/mol. The molecule has 0 aliphatic rings. The van der Waals surface area contributed by atoms with E-state index in [0.717, 1.165) is 0 Å². The molecule has 0 radical (unpaired) electrons. The van der Waals surface area contributed by atoms with Gasteiger partial charge in [0, 0.05) is 32.4 Å². The third kappa shape index (κ3) is 4.08. The summed E-state index contributed by atoms with van der Waals surface area (Å²) in [7, 11) is 1.73. The first-order valence-electron chi connectivity index (χ1n) is 6.26. The summed E-state index contributed by atoms with van der Waals surface area (Å²) >= 11 is 6.04. The number of hydrogen-bond acceptors (Lipinski definition) is 4. The van der Waals surface area contributed by atoms with Crippen LogP contribution in [-0.4, -0.2) is 47.1 Å². The van der Waals surface area contributed by atoms with Gasteiger partial charge in [0.15, 0.2) is 0 Å². The molecule has 1 aromatic heterocycles. The molecule has 106 valence electrons. The lowest BCUT2D eigenvalue weighted by Crippen LogP contribution is -2.38. The van der Waals surface area contributed by atoms with Crippen molar-refractivity contribution in [2.45, 2.75) is 26.3 Å². The number of nitrogens with one attached hydrogen (secondary N) is 1. The first-order valence-corrected chi connectivity index (χ1v) is 6.64. The Hall–Kier alpha value is -1.33. The van der Waals surface area contributed by atoms with Crippen LogP contribution in [0.5, 0.6) is 0 Å². The fourth-order valence-electron chi connectivity index (χ4n) is 1.73. The summed E-state index contributed by atoms with van der Waals surface area (Å²) in [6.07, 6.45) is 2.01. The van der Waals surface area contributed by atoms with E-state index in [2.05, 4.69) is 10.3 Å². The first kappa shape index (κ1) is 15.7. The lowest BCUT2D eigenvalue weighted by Gasteiger charge is -2.27. The van der Waals surface area contributed by atoms with Gasteiger partial charge in [-0.05, 0) is 26.3 Å². The predicted molar refractivity (Wildman–Crippen MR) is 76.7 cm³/mol. The van der Waals surface area contributed by atoms with Gasteiger partial charge < -0.3 is 15.3 Å². The fraction of sp³-hybridized carbons (Fsp3) is 0.538. The molecule has 0 fully saturated rings. The molecule has 5 nitrogen and oxygen atoms in total. The molecule has 1 rings (SSSR count). The van der Waals surface area contributed by atoms with E-state index in [1.54, 1.807) is 18.0 Å². The summed E-state index contributed by atoms with van der Waals surface area (Å²) in [6, 6.07) is 1.68. The Morgan fingerprint density at radius 3 is 2.79 bits per heavy atom. The maximum absolute atomic E-state index is 12.5. The minimum absolute atomic E-state index is 0.0429. The minimum atomic E-state index is -0.146. The van der Waals surface area contributed by atoms with Crippen LogP contribution in [0.3, 0.4) is 0 Å². The summed E-state index contributed by atoms with van der Waals surface area (Å²) in [6.45, 7) is 4.43. The number of carbonyl (C=O) groups is 1. The number of aliphatic hydroxyl groups is 1. The summed E-state index contributed by atoms with van der Waals surface area (Å²) < 4.78 is 0. The molecule has 1 aromatic rings. The summed E-state index contributed by atoms with van der Waals surface area (Å²) in [5.74, 6) is 0.450. The number of rotatable bonds is 6. The van der Waals surface area contributed by atoms with Crippen molar-refractivity contribution in [2.75, 3.05) is 25.5 Å². The van der Waals surface area contributed by atoms with E-state index in [9.17, 15) is 4.79 Å². The number of amides is 1. The van der Waals surface area contributed by atoms with Crippen molar-refractivity contribution in [1.82, 2.24) is 9.88 Å². The van der Waals surface area contributed by atoms with Crippen molar-refractivity contribution in [3.63, 3.8) is 0 Å². The van der Waals surface area contributed by atoms with E-state index >= 15 is 0 Å². The van der Waals surface area contributed by atoms with E-state index < -0.39 is 0 Å².